The van der Waals surface area contributed by atoms with Crippen LogP contribution in [0.2, 0.25) is 10.0 Å². The number of hydrogen-bond acceptors (Lipinski definition) is 4. The van der Waals surface area contributed by atoms with Gasteiger partial charge in [-0.2, -0.15) is 0 Å². The molecule has 23 heavy (non-hydrogen) atoms. The summed E-state index contributed by atoms with van der Waals surface area (Å²) in [6.07, 6.45) is 0. The molecule has 3 N–H and O–H groups in total. The van der Waals surface area contributed by atoms with Crippen LogP contribution in [0.1, 0.15) is 10.4 Å². The van der Waals surface area contributed by atoms with E-state index in [9.17, 15) is 9.59 Å². The molecule has 0 aliphatic carbocycles. The molecule has 5 nitrogen and oxygen atoms in total. The molecule has 2 aromatic carbocycles. The number of carbonyl (C=O) groups excluding carboxylic acids is 2. The molecule has 8 heteroatoms. The summed E-state index contributed by atoms with van der Waals surface area (Å²) in [4.78, 5) is 23.8. The van der Waals surface area contributed by atoms with Crippen molar-refractivity contribution in [1.29, 1.82) is 0 Å². The van der Waals surface area contributed by atoms with Crippen molar-refractivity contribution in [3.63, 3.8) is 0 Å². The SMILES string of the molecule is Nc1ccc(Br)cc1C(=O)OCC(=O)Nc1cccc(Cl)c1Cl. The lowest BCUT2D eigenvalue weighted by atomic mass is 10.2. The lowest BCUT2D eigenvalue weighted by molar-refractivity contribution is -0.119. The van der Waals surface area contributed by atoms with E-state index in [1.165, 1.54) is 6.07 Å². The molecular formula is C15H11BrCl2N2O3. The van der Waals surface area contributed by atoms with Crippen LogP contribution in [-0.4, -0.2) is 18.5 Å². The Morgan fingerprint density at radius 1 is 1.22 bits per heavy atom. The number of anilines is 2. The second kappa shape index (κ2) is 7.68. The van der Waals surface area contributed by atoms with Gasteiger partial charge in [0, 0.05) is 10.2 Å². The smallest absolute Gasteiger partial charge is 0.340 e. The Labute approximate surface area is 150 Å². The fourth-order valence-electron chi connectivity index (χ4n) is 1.70. The first-order valence-electron chi connectivity index (χ1n) is 6.34. The van der Waals surface area contributed by atoms with E-state index in [0.717, 1.165) is 0 Å². The summed E-state index contributed by atoms with van der Waals surface area (Å²) in [5.41, 5.74) is 6.47. The maximum atomic E-state index is 11.9. The second-order valence-electron chi connectivity index (χ2n) is 4.46. The van der Waals surface area contributed by atoms with Crippen LogP contribution in [0.25, 0.3) is 0 Å². The van der Waals surface area contributed by atoms with E-state index in [-0.39, 0.29) is 16.3 Å². The molecule has 2 aromatic rings. The van der Waals surface area contributed by atoms with Crippen LogP contribution in [0.4, 0.5) is 11.4 Å². The fourth-order valence-corrected chi connectivity index (χ4v) is 2.41. The summed E-state index contributed by atoms with van der Waals surface area (Å²) in [5, 5.41) is 3.03. The van der Waals surface area contributed by atoms with Gasteiger partial charge in [-0.1, -0.05) is 45.2 Å². The number of hydrogen-bond donors (Lipinski definition) is 2. The van der Waals surface area contributed by atoms with Gasteiger partial charge in [0.05, 0.1) is 21.3 Å². The standard InChI is InChI=1S/C15H11BrCl2N2O3/c16-8-4-5-11(19)9(6-8)15(22)23-7-13(21)20-12-3-1-2-10(17)14(12)18/h1-6H,7,19H2,(H,20,21). The Morgan fingerprint density at radius 2 is 1.96 bits per heavy atom. The van der Waals surface area contributed by atoms with Gasteiger partial charge < -0.3 is 15.8 Å². The molecule has 1 amide bonds. The average Bonchev–Trinajstić information content (AvgIpc) is 2.52. The Kier molecular flexibility index (Phi) is 5.87. The van der Waals surface area contributed by atoms with Gasteiger partial charge in [-0.3, -0.25) is 4.79 Å². The van der Waals surface area contributed by atoms with Gasteiger partial charge in [0.2, 0.25) is 0 Å². The highest BCUT2D eigenvalue weighted by Crippen LogP contribution is 2.29. The third kappa shape index (κ3) is 4.60. The van der Waals surface area contributed by atoms with E-state index in [1.54, 1.807) is 30.3 Å². The molecule has 0 spiro atoms. The summed E-state index contributed by atoms with van der Waals surface area (Å²) in [5.74, 6) is -1.24. The molecule has 0 unspecified atom stereocenters. The van der Waals surface area contributed by atoms with Crippen molar-refractivity contribution in [2.45, 2.75) is 0 Å². The topological polar surface area (TPSA) is 81.4 Å². The Morgan fingerprint density at radius 3 is 2.70 bits per heavy atom. The summed E-state index contributed by atoms with van der Waals surface area (Å²) >= 11 is 15.0. The van der Waals surface area contributed by atoms with Crippen molar-refractivity contribution < 1.29 is 14.3 Å². The third-order valence-corrected chi connectivity index (χ3v) is 4.11. The molecule has 0 atom stereocenters. The highest BCUT2D eigenvalue weighted by Gasteiger charge is 2.15. The van der Waals surface area contributed by atoms with Gasteiger partial charge in [0.1, 0.15) is 0 Å². The van der Waals surface area contributed by atoms with Gasteiger partial charge in [0.25, 0.3) is 5.91 Å². The number of carbonyl (C=O) groups is 2. The van der Waals surface area contributed by atoms with Gasteiger partial charge >= 0.3 is 5.97 Å². The largest absolute Gasteiger partial charge is 0.452 e. The van der Waals surface area contributed by atoms with Crippen molar-refractivity contribution >= 4 is 62.4 Å². The lowest BCUT2D eigenvalue weighted by Crippen LogP contribution is -2.21. The first kappa shape index (κ1) is 17.6. The molecule has 120 valence electrons. The molecule has 0 aliphatic heterocycles. The minimum absolute atomic E-state index is 0.174. The van der Waals surface area contributed by atoms with Crippen LogP contribution in [-0.2, 0) is 9.53 Å². The van der Waals surface area contributed by atoms with Gasteiger partial charge in [-0.15, -0.1) is 0 Å². The summed E-state index contributed by atoms with van der Waals surface area (Å²) < 4.78 is 5.61. The number of halogens is 3. The third-order valence-electron chi connectivity index (χ3n) is 2.80. The molecule has 0 fully saturated rings. The van der Waals surface area contributed by atoms with Crippen LogP contribution in [0.3, 0.4) is 0 Å². The van der Waals surface area contributed by atoms with Crippen molar-refractivity contribution in [3.05, 3.63) is 56.5 Å². The van der Waals surface area contributed by atoms with Crippen molar-refractivity contribution in [3.8, 4) is 0 Å². The molecule has 0 aromatic heterocycles. The first-order chi connectivity index (χ1) is 10.9. The monoisotopic (exact) mass is 416 g/mol. The molecule has 0 aliphatic rings. The normalized spacial score (nSPS) is 10.2. The highest BCUT2D eigenvalue weighted by molar-refractivity contribution is 9.10. The molecule has 2 rings (SSSR count). The quantitative estimate of drug-likeness (QED) is 0.578. The second-order valence-corrected chi connectivity index (χ2v) is 6.16. The van der Waals surface area contributed by atoms with Gasteiger partial charge in [-0.05, 0) is 30.3 Å². The molecular weight excluding hydrogens is 407 g/mol. The predicted molar refractivity (Wildman–Crippen MR) is 93.9 cm³/mol. The van der Waals surface area contributed by atoms with Crippen molar-refractivity contribution in [2.24, 2.45) is 0 Å². The number of esters is 1. The zero-order valence-corrected chi connectivity index (χ0v) is 14.7. The predicted octanol–water partition coefficient (Wildman–Crippen LogP) is 4.13. The number of nitrogen functional groups attached to an aromatic ring is 1. The molecule has 0 heterocycles. The number of nitrogens with one attached hydrogen (secondary N) is 1. The molecule has 0 radical (unpaired) electrons. The van der Waals surface area contributed by atoms with Crippen LogP contribution >= 0.6 is 39.1 Å². The van der Waals surface area contributed by atoms with Crippen LogP contribution in [0.15, 0.2) is 40.9 Å². The zero-order chi connectivity index (χ0) is 17.0. The van der Waals surface area contributed by atoms with E-state index in [0.29, 0.717) is 15.2 Å². The van der Waals surface area contributed by atoms with E-state index in [2.05, 4.69) is 21.2 Å². The summed E-state index contributed by atoms with van der Waals surface area (Å²) in [6.45, 7) is -0.479. The summed E-state index contributed by atoms with van der Waals surface area (Å²) in [7, 11) is 0. The Balaban J connectivity index is 1.98. The van der Waals surface area contributed by atoms with E-state index >= 15 is 0 Å². The highest BCUT2D eigenvalue weighted by atomic mass is 79.9. The Bertz CT molecular complexity index is 768. The summed E-state index contributed by atoms with van der Waals surface area (Å²) in [6, 6.07) is 9.59. The molecule has 0 bridgehead atoms. The number of rotatable bonds is 4. The van der Waals surface area contributed by atoms with Crippen molar-refractivity contribution in [2.75, 3.05) is 17.7 Å². The fraction of sp³-hybridized carbons (Fsp3) is 0.0667. The minimum Gasteiger partial charge on any atom is -0.452 e. The van der Waals surface area contributed by atoms with Crippen LogP contribution in [0, 0.1) is 0 Å². The van der Waals surface area contributed by atoms with Crippen LogP contribution < -0.4 is 11.1 Å². The first-order valence-corrected chi connectivity index (χ1v) is 7.89. The minimum atomic E-state index is -0.698. The van der Waals surface area contributed by atoms with Crippen LogP contribution in [0.5, 0.6) is 0 Å². The van der Waals surface area contributed by atoms with Gasteiger partial charge in [0.15, 0.2) is 6.61 Å². The van der Waals surface area contributed by atoms with Crippen molar-refractivity contribution in [1.82, 2.24) is 0 Å². The maximum Gasteiger partial charge on any atom is 0.340 e. The Hall–Kier alpha value is -1.76. The average molecular weight is 418 g/mol. The van der Waals surface area contributed by atoms with E-state index < -0.39 is 18.5 Å². The molecule has 0 saturated carbocycles. The number of ether oxygens (including phenoxy) is 1. The van der Waals surface area contributed by atoms with Gasteiger partial charge in [-0.25, -0.2) is 4.79 Å². The number of benzene rings is 2. The maximum absolute atomic E-state index is 11.9. The number of nitrogens with two attached hydrogens (primary N) is 1. The van der Waals surface area contributed by atoms with E-state index in [1.807, 2.05) is 0 Å². The number of amides is 1. The lowest BCUT2D eigenvalue weighted by Gasteiger charge is -2.09. The zero-order valence-electron chi connectivity index (χ0n) is 11.6. The molecule has 0 saturated heterocycles. The van der Waals surface area contributed by atoms with E-state index in [4.69, 9.17) is 33.7 Å².